The third-order valence-corrected chi connectivity index (χ3v) is 7.49. The minimum absolute atomic E-state index is 0.0879. The number of fused-ring (bicyclic) bond motifs is 1. The molecule has 0 saturated carbocycles. The standard InChI is InChI=1S/C21H15Cl2N3O3S2/c1-12-17(23)10-11-18-19(12)24-21(30-18)25-20(27)13-2-6-15(7-3-13)26-31(28,29)16-8-4-14(22)5-9-16/h2-11,26H,1H3,(H,24,25,27). The summed E-state index contributed by atoms with van der Waals surface area (Å²) in [6.45, 7) is 1.87. The van der Waals surface area contributed by atoms with Gasteiger partial charge in [-0.05, 0) is 73.2 Å². The number of nitrogens with one attached hydrogen (secondary N) is 2. The van der Waals surface area contributed by atoms with Crippen LogP contribution in [0, 0.1) is 6.92 Å². The van der Waals surface area contributed by atoms with Crippen LogP contribution in [0.5, 0.6) is 0 Å². The maximum atomic E-state index is 12.6. The number of nitrogens with zero attached hydrogens (tertiary/aromatic N) is 1. The van der Waals surface area contributed by atoms with E-state index < -0.39 is 10.0 Å². The van der Waals surface area contributed by atoms with Gasteiger partial charge in [0, 0.05) is 21.3 Å². The molecule has 0 radical (unpaired) electrons. The number of benzene rings is 3. The van der Waals surface area contributed by atoms with Crippen molar-refractivity contribution in [2.75, 3.05) is 10.0 Å². The van der Waals surface area contributed by atoms with E-state index in [1.54, 1.807) is 6.07 Å². The SMILES string of the molecule is Cc1c(Cl)ccc2sc(NC(=O)c3ccc(NS(=O)(=O)c4ccc(Cl)cc4)cc3)nc12. The van der Waals surface area contributed by atoms with Gasteiger partial charge in [0.15, 0.2) is 5.13 Å². The predicted molar refractivity (Wildman–Crippen MR) is 126 cm³/mol. The first-order valence-electron chi connectivity index (χ1n) is 8.98. The summed E-state index contributed by atoms with van der Waals surface area (Å²) in [5, 5.41) is 4.29. The van der Waals surface area contributed by atoms with Crippen LogP contribution in [0.4, 0.5) is 10.8 Å². The Morgan fingerprint density at radius 1 is 0.968 bits per heavy atom. The number of carbonyl (C=O) groups is 1. The predicted octanol–water partition coefficient (Wildman–Crippen LogP) is 5.96. The van der Waals surface area contributed by atoms with E-state index in [-0.39, 0.29) is 10.8 Å². The van der Waals surface area contributed by atoms with Crippen molar-refractivity contribution in [3.63, 3.8) is 0 Å². The number of thiazole rings is 1. The second-order valence-electron chi connectivity index (χ2n) is 6.63. The second-order valence-corrected chi connectivity index (χ2v) is 10.2. The number of anilines is 2. The van der Waals surface area contributed by atoms with Gasteiger partial charge >= 0.3 is 0 Å². The Morgan fingerprint density at radius 3 is 2.32 bits per heavy atom. The average molecular weight is 492 g/mol. The summed E-state index contributed by atoms with van der Waals surface area (Å²) in [6.07, 6.45) is 0. The van der Waals surface area contributed by atoms with Crippen LogP contribution >= 0.6 is 34.5 Å². The molecule has 158 valence electrons. The molecule has 1 heterocycles. The number of halogens is 2. The highest BCUT2D eigenvalue weighted by Crippen LogP contribution is 2.32. The molecule has 6 nitrogen and oxygen atoms in total. The molecule has 0 saturated heterocycles. The molecule has 0 spiro atoms. The fourth-order valence-electron chi connectivity index (χ4n) is 2.84. The van der Waals surface area contributed by atoms with Crippen molar-refractivity contribution in [3.8, 4) is 0 Å². The van der Waals surface area contributed by atoms with Gasteiger partial charge in [0.1, 0.15) is 0 Å². The van der Waals surface area contributed by atoms with Crippen LogP contribution in [0.3, 0.4) is 0 Å². The summed E-state index contributed by atoms with van der Waals surface area (Å²) in [5.74, 6) is -0.352. The monoisotopic (exact) mass is 491 g/mol. The average Bonchev–Trinajstić information content (AvgIpc) is 3.14. The molecule has 0 bridgehead atoms. The molecule has 4 aromatic rings. The first kappa shape index (κ1) is 21.6. The van der Waals surface area contributed by atoms with Gasteiger partial charge in [0.05, 0.1) is 15.1 Å². The third kappa shape index (κ3) is 4.67. The first-order chi connectivity index (χ1) is 14.7. The highest BCUT2D eigenvalue weighted by atomic mass is 35.5. The molecule has 0 aliphatic carbocycles. The van der Waals surface area contributed by atoms with Crippen molar-refractivity contribution in [1.29, 1.82) is 0 Å². The van der Waals surface area contributed by atoms with Crippen LogP contribution in [0.25, 0.3) is 10.2 Å². The van der Waals surface area contributed by atoms with E-state index >= 15 is 0 Å². The highest BCUT2D eigenvalue weighted by molar-refractivity contribution is 7.92. The molecule has 10 heteroatoms. The molecular weight excluding hydrogens is 477 g/mol. The van der Waals surface area contributed by atoms with Gasteiger partial charge in [-0.3, -0.25) is 14.8 Å². The number of aromatic nitrogens is 1. The third-order valence-electron chi connectivity index (χ3n) is 4.49. The molecule has 0 atom stereocenters. The summed E-state index contributed by atoms with van der Waals surface area (Å²) in [5.41, 5.74) is 2.30. The van der Waals surface area contributed by atoms with Gasteiger partial charge in [-0.1, -0.05) is 34.5 Å². The maximum Gasteiger partial charge on any atom is 0.261 e. The summed E-state index contributed by atoms with van der Waals surface area (Å²) in [7, 11) is -3.76. The normalized spacial score (nSPS) is 11.5. The van der Waals surface area contributed by atoms with E-state index in [0.717, 1.165) is 15.8 Å². The van der Waals surface area contributed by atoms with E-state index in [0.29, 0.717) is 26.4 Å². The molecule has 1 amide bonds. The molecule has 1 aromatic heterocycles. The minimum Gasteiger partial charge on any atom is -0.298 e. The molecule has 0 fully saturated rings. The Kier molecular flexibility index (Phi) is 5.90. The molecule has 0 aliphatic rings. The highest BCUT2D eigenvalue weighted by Gasteiger charge is 2.15. The number of rotatable bonds is 5. The molecule has 0 unspecified atom stereocenters. The van der Waals surface area contributed by atoms with Gasteiger partial charge in [-0.2, -0.15) is 0 Å². The van der Waals surface area contributed by atoms with Crippen LogP contribution in [-0.2, 0) is 10.0 Å². The van der Waals surface area contributed by atoms with Gasteiger partial charge < -0.3 is 0 Å². The van der Waals surface area contributed by atoms with Crippen molar-refractivity contribution < 1.29 is 13.2 Å². The molecule has 31 heavy (non-hydrogen) atoms. The van der Waals surface area contributed by atoms with Crippen LogP contribution in [0.2, 0.25) is 10.0 Å². The van der Waals surface area contributed by atoms with E-state index in [4.69, 9.17) is 23.2 Å². The van der Waals surface area contributed by atoms with Gasteiger partial charge in [0.2, 0.25) is 0 Å². The lowest BCUT2D eigenvalue weighted by Gasteiger charge is -2.09. The number of aryl methyl sites for hydroxylation is 1. The maximum absolute atomic E-state index is 12.6. The van der Waals surface area contributed by atoms with Crippen LogP contribution in [0.1, 0.15) is 15.9 Å². The number of sulfonamides is 1. The zero-order valence-corrected chi connectivity index (χ0v) is 19.2. The van der Waals surface area contributed by atoms with Gasteiger partial charge in [-0.15, -0.1) is 0 Å². The Balaban J connectivity index is 1.48. The van der Waals surface area contributed by atoms with E-state index in [1.165, 1.54) is 59.9 Å². The summed E-state index contributed by atoms with van der Waals surface area (Å²) in [4.78, 5) is 17.1. The summed E-state index contributed by atoms with van der Waals surface area (Å²) in [6, 6.07) is 15.6. The smallest absolute Gasteiger partial charge is 0.261 e. The zero-order valence-electron chi connectivity index (χ0n) is 16.0. The lowest BCUT2D eigenvalue weighted by Crippen LogP contribution is -2.14. The van der Waals surface area contributed by atoms with Crippen molar-refractivity contribution in [3.05, 3.63) is 81.8 Å². The zero-order chi connectivity index (χ0) is 22.2. The topological polar surface area (TPSA) is 88.2 Å². The quantitative estimate of drug-likeness (QED) is 0.360. The molecule has 0 aliphatic heterocycles. The summed E-state index contributed by atoms with van der Waals surface area (Å²) < 4.78 is 28.3. The Labute approximate surface area is 192 Å². The van der Waals surface area contributed by atoms with Crippen molar-refractivity contribution >= 4 is 71.5 Å². The van der Waals surface area contributed by atoms with Gasteiger partial charge in [0.25, 0.3) is 15.9 Å². The Bertz CT molecular complexity index is 1380. The van der Waals surface area contributed by atoms with Gasteiger partial charge in [-0.25, -0.2) is 13.4 Å². The number of hydrogen-bond donors (Lipinski definition) is 2. The molecule has 4 rings (SSSR count). The van der Waals surface area contributed by atoms with Crippen molar-refractivity contribution in [2.45, 2.75) is 11.8 Å². The van der Waals surface area contributed by atoms with Crippen LogP contribution < -0.4 is 10.0 Å². The second kappa shape index (κ2) is 8.47. The van der Waals surface area contributed by atoms with Crippen molar-refractivity contribution in [2.24, 2.45) is 0 Å². The number of carbonyl (C=O) groups excluding carboxylic acids is 1. The van der Waals surface area contributed by atoms with Crippen LogP contribution in [-0.4, -0.2) is 19.3 Å². The molecule has 3 aromatic carbocycles. The number of hydrogen-bond acceptors (Lipinski definition) is 5. The van der Waals surface area contributed by atoms with Crippen LogP contribution in [0.15, 0.2) is 65.6 Å². The fourth-order valence-corrected chi connectivity index (χ4v) is 5.10. The van der Waals surface area contributed by atoms with Crippen molar-refractivity contribution in [1.82, 2.24) is 4.98 Å². The first-order valence-corrected chi connectivity index (χ1v) is 12.0. The largest absolute Gasteiger partial charge is 0.298 e. The molecular formula is C21H15Cl2N3O3S2. The lowest BCUT2D eigenvalue weighted by molar-refractivity contribution is 0.102. The Hall–Kier alpha value is -2.65. The summed E-state index contributed by atoms with van der Waals surface area (Å²) >= 11 is 13.3. The fraction of sp³-hybridized carbons (Fsp3) is 0.0476. The Morgan fingerprint density at radius 2 is 1.65 bits per heavy atom. The molecule has 2 N–H and O–H groups in total. The van der Waals surface area contributed by atoms with E-state index in [9.17, 15) is 13.2 Å². The lowest BCUT2D eigenvalue weighted by atomic mass is 10.2. The minimum atomic E-state index is -3.76. The van der Waals surface area contributed by atoms with E-state index in [1.807, 2.05) is 13.0 Å². The van der Waals surface area contributed by atoms with E-state index in [2.05, 4.69) is 15.0 Å². The number of amides is 1.